The second-order valence-electron chi connectivity index (χ2n) is 4.62. The summed E-state index contributed by atoms with van der Waals surface area (Å²) in [5, 5.41) is 4.06. The summed E-state index contributed by atoms with van der Waals surface area (Å²) in [6, 6.07) is 14.0. The molecule has 0 aromatic heterocycles. The van der Waals surface area contributed by atoms with Crippen molar-refractivity contribution >= 4 is 11.6 Å². The predicted octanol–water partition coefficient (Wildman–Crippen LogP) is 4.04. The van der Waals surface area contributed by atoms with Crippen molar-refractivity contribution in [3.8, 4) is 11.5 Å². The van der Waals surface area contributed by atoms with Gasteiger partial charge >= 0.3 is 0 Å². The van der Waals surface area contributed by atoms with Gasteiger partial charge in [0.15, 0.2) is 11.5 Å². The molecule has 21 heavy (non-hydrogen) atoms. The molecular formula is C17H20ClNO2. The van der Waals surface area contributed by atoms with Crippen molar-refractivity contribution in [1.82, 2.24) is 5.32 Å². The minimum Gasteiger partial charge on any atom is -0.493 e. The normalized spacial score (nSPS) is 10.4. The Morgan fingerprint density at radius 2 is 1.81 bits per heavy atom. The van der Waals surface area contributed by atoms with Crippen molar-refractivity contribution in [1.29, 1.82) is 0 Å². The van der Waals surface area contributed by atoms with E-state index in [0.717, 1.165) is 12.1 Å². The van der Waals surface area contributed by atoms with Gasteiger partial charge in [-0.05, 0) is 24.1 Å². The Bertz CT molecular complexity index is 573. The molecule has 0 heterocycles. The van der Waals surface area contributed by atoms with Crippen LogP contribution in [0.15, 0.2) is 42.5 Å². The Labute approximate surface area is 130 Å². The van der Waals surface area contributed by atoms with Crippen LogP contribution in [0.2, 0.25) is 5.02 Å². The lowest BCUT2D eigenvalue weighted by Gasteiger charge is -2.13. The van der Waals surface area contributed by atoms with E-state index in [4.69, 9.17) is 21.1 Å². The average Bonchev–Trinajstić information content (AvgIpc) is 2.51. The molecule has 0 atom stereocenters. The number of hydrogen-bond acceptors (Lipinski definition) is 3. The molecule has 0 saturated carbocycles. The van der Waals surface area contributed by atoms with Crippen LogP contribution >= 0.6 is 11.6 Å². The second-order valence-corrected chi connectivity index (χ2v) is 5.02. The molecule has 4 heteroatoms. The average molecular weight is 306 g/mol. The van der Waals surface area contributed by atoms with Crippen LogP contribution in [0, 0.1) is 0 Å². The number of hydrogen-bond donors (Lipinski definition) is 1. The Kier molecular flexibility index (Phi) is 5.90. The van der Waals surface area contributed by atoms with E-state index in [9.17, 15) is 0 Å². The Balaban J connectivity index is 2.02. The predicted molar refractivity (Wildman–Crippen MR) is 86.2 cm³/mol. The SMILES string of the molecule is CCOc1cc(Cl)c(CNCc2ccccc2)cc1OC. The number of nitrogens with one attached hydrogen (secondary N) is 1. The molecule has 0 aliphatic heterocycles. The van der Waals surface area contributed by atoms with Crippen molar-refractivity contribution in [2.75, 3.05) is 13.7 Å². The number of methoxy groups -OCH3 is 1. The van der Waals surface area contributed by atoms with Gasteiger partial charge in [0.25, 0.3) is 0 Å². The molecule has 2 rings (SSSR count). The van der Waals surface area contributed by atoms with Gasteiger partial charge in [-0.1, -0.05) is 41.9 Å². The van der Waals surface area contributed by atoms with E-state index in [1.165, 1.54) is 5.56 Å². The minimum atomic E-state index is 0.582. The van der Waals surface area contributed by atoms with Gasteiger partial charge < -0.3 is 14.8 Å². The number of halogens is 1. The lowest BCUT2D eigenvalue weighted by molar-refractivity contribution is 0.310. The molecular weight excluding hydrogens is 286 g/mol. The molecule has 2 aromatic rings. The van der Waals surface area contributed by atoms with Crippen LogP contribution in [-0.2, 0) is 13.1 Å². The van der Waals surface area contributed by atoms with Crippen LogP contribution in [0.4, 0.5) is 0 Å². The first-order valence-corrected chi connectivity index (χ1v) is 7.36. The molecule has 0 fully saturated rings. The molecule has 0 saturated heterocycles. The van der Waals surface area contributed by atoms with Gasteiger partial charge in [0, 0.05) is 24.2 Å². The maximum atomic E-state index is 6.30. The van der Waals surface area contributed by atoms with Crippen molar-refractivity contribution in [3.63, 3.8) is 0 Å². The van der Waals surface area contributed by atoms with Crippen LogP contribution < -0.4 is 14.8 Å². The third-order valence-corrected chi connectivity index (χ3v) is 3.47. The summed E-state index contributed by atoms with van der Waals surface area (Å²) in [7, 11) is 1.63. The van der Waals surface area contributed by atoms with E-state index in [1.54, 1.807) is 7.11 Å². The lowest BCUT2D eigenvalue weighted by Crippen LogP contribution is -2.13. The Morgan fingerprint density at radius 3 is 2.48 bits per heavy atom. The van der Waals surface area contributed by atoms with Gasteiger partial charge in [0.1, 0.15) is 0 Å². The first kappa shape index (κ1) is 15.7. The topological polar surface area (TPSA) is 30.5 Å². The van der Waals surface area contributed by atoms with Gasteiger partial charge in [0.2, 0.25) is 0 Å². The van der Waals surface area contributed by atoms with E-state index in [1.807, 2.05) is 37.3 Å². The zero-order valence-corrected chi connectivity index (χ0v) is 13.1. The molecule has 0 aliphatic rings. The number of ether oxygens (including phenoxy) is 2. The molecule has 112 valence electrons. The fourth-order valence-electron chi connectivity index (χ4n) is 2.08. The molecule has 0 radical (unpaired) electrons. The van der Waals surface area contributed by atoms with Crippen molar-refractivity contribution < 1.29 is 9.47 Å². The second kappa shape index (κ2) is 7.91. The van der Waals surface area contributed by atoms with Crippen LogP contribution in [-0.4, -0.2) is 13.7 Å². The Hall–Kier alpha value is -1.71. The fraction of sp³-hybridized carbons (Fsp3) is 0.294. The van der Waals surface area contributed by atoms with E-state index in [-0.39, 0.29) is 0 Å². The summed E-state index contributed by atoms with van der Waals surface area (Å²) in [5.41, 5.74) is 2.24. The highest BCUT2D eigenvalue weighted by atomic mass is 35.5. The molecule has 0 bridgehead atoms. The van der Waals surface area contributed by atoms with E-state index >= 15 is 0 Å². The zero-order valence-electron chi connectivity index (χ0n) is 12.4. The summed E-state index contributed by atoms with van der Waals surface area (Å²) in [6.45, 7) is 3.99. The van der Waals surface area contributed by atoms with Gasteiger partial charge in [-0.2, -0.15) is 0 Å². The number of rotatable bonds is 7. The van der Waals surface area contributed by atoms with Gasteiger partial charge in [0.05, 0.1) is 13.7 Å². The summed E-state index contributed by atoms with van der Waals surface area (Å²) in [5.74, 6) is 1.38. The molecule has 0 amide bonds. The largest absolute Gasteiger partial charge is 0.493 e. The maximum Gasteiger partial charge on any atom is 0.162 e. The van der Waals surface area contributed by atoms with Crippen LogP contribution in [0.3, 0.4) is 0 Å². The Morgan fingerprint density at radius 1 is 1.05 bits per heavy atom. The van der Waals surface area contributed by atoms with Gasteiger partial charge in [-0.25, -0.2) is 0 Å². The van der Waals surface area contributed by atoms with Crippen molar-refractivity contribution in [3.05, 3.63) is 58.6 Å². The third-order valence-electron chi connectivity index (χ3n) is 3.12. The zero-order chi connectivity index (χ0) is 15.1. The summed E-state index contributed by atoms with van der Waals surface area (Å²) in [4.78, 5) is 0. The lowest BCUT2D eigenvalue weighted by atomic mass is 10.2. The summed E-state index contributed by atoms with van der Waals surface area (Å²) >= 11 is 6.30. The highest BCUT2D eigenvalue weighted by Gasteiger charge is 2.10. The molecule has 0 aliphatic carbocycles. The molecule has 0 spiro atoms. The quantitative estimate of drug-likeness (QED) is 0.837. The van der Waals surface area contributed by atoms with Gasteiger partial charge in [-0.15, -0.1) is 0 Å². The smallest absolute Gasteiger partial charge is 0.162 e. The minimum absolute atomic E-state index is 0.582. The van der Waals surface area contributed by atoms with Crippen molar-refractivity contribution in [2.45, 2.75) is 20.0 Å². The first-order valence-electron chi connectivity index (χ1n) is 6.98. The van der Waals surface area contributed by atoms with Gasteiger partial charge in [-0.3, -0.25) is 0 Å². The molecule has 0 unspecified atom stereocenters. The maximum absolute atomic E-state index is 6.30. The van der Waals surface area contributed by atoms with Crippen molar-refractivity contribution in [2.24, 2.45) is 0 Å². The molecule has 3 nitrogen and oxygen atoms in total. The summed E-state index contributed by atoms with van der Waals surface area (Å²) in [6.07, 6.45) is 0. The van der Waals surface area contributed by atoms with E-state index in [2.05, 4.69) is 17.4 Å². The third kappa shape index (κ3) is 4.38. The van der Waals surface area contributed by atoms with E-state index in [0.29, 0.717) is 29.7 Å². The monoisotopic (exact) mass is 305 g/mol. The number of benzene rings is 2. The first-order chi connectivity index (χ1) is 10.2. The highest BCUT2D eigenvalue weighted by Crippen LogP contribution is 2.33. The molecule has 1 N–H and O–H groups in total. The fourth-order valence-corrected chi connectivity index (χ4v) is 2.30. The summed E-state index contributed by atoms with van der Waals surface area (Å²) < 4.78 is 10.9. The molecule has 2 aromatic carbocycles. The van der Waals surface area contributed by atoms with Crippen LogP contribution in [0.5, 0.6) is 11.5 Å². The standard InChI is InChI=1S/C17H20ClNO2/c1-3-21-17-10-15(18)14(9-16(17)20-2)12-19-11-13-7-5-4-6-8-13/h4-10,19H,3,11-12H2,1-2H3. The van der Waals surface area contributed by atoms with Crippen LogP contribution in [0.1, 0.15) is 18.1 Å². The van der Waals surface area contributed by atoms with Crippen LogP contribution in [0.25, 0.3) is 0 Å². The highest BCUT2D eigenvalue weighted by molar-refractivity contribution is 6.31. The van der Waals surface area contributed by atoms with E-state index < -0.39 is 0 Å².